The standard InChI is InChI=1S/C16H24N2O.ClH/c1-11(2)13-6-8-14(9-7-13)16(19)18-15-5-4-10-17-12(15)3;/h6-9,11-12,15,17H,4-5,10H2,1-3H3,(H,18,19);1H. The maximum absolute atomic E-state index is 12.2. The van der Waals surface area contributed by atoms with Crippen molar-refractivity contribution in [2.75, 3.05) is 6.54 Å². The van der Waals surface area contributed by atoms with Gasteiger partial charge < -0.3 is 10.6 Å². The lowest BCUT2D eigenvalue weighted by molar-refractivity contribution is 0.0920. The van der Waals surface area contributed by atoms with E-state index in [4.69, 9.17) is 0 Å². The van der Waals surface area contributed by atoms with Crippen LogP contribution in [0.25, 0.3) is 0 Å². The third-order valence-electron chi connectivity index (χ3n) is 3.92. The molecule has 1 heterocycles. The van der Waals surface area contributed by atoms with Crippen LogP contribution in [-0.4, -0.2) is 24.5 Å². The quantitative estimate of drug-likeness (QED) is 0.900. The Bertz CT molecular complexity index is 431. The van der Waals surface area contributed by atoms with Crippen LogP contribution in [0.3, 0.4) is 0 Å². The van der Waals surface area contributed by atoms with Crippen molar-refractivity contribution in [1.82, 2.24) is 10.6 Å². The summed E-state index contributed by atoms with van der Waals surface area (Å²) in [5.74, 6) is 0.538. The molecule has 0 saturated carbocycles. The van der Waals surface area contributed by atoms with Gasteiger partial charge in [-0.1, -0.05) is 26.0 Å². The van der Waals surface area contributed by atoms with E-state index in [1.807, 2.05) is 24.3 Å². The van der Waals surface area contributed by atoms with Gasteiger partial charge in [-0.25, -0.2) is 0 Å². The second-order valence-corrected chi connectivity index (χ2v) is 5.74. The first-order chi connectivity index (χ1) is 9.08. The molecule has 2 unspecified atom stereocenters. The van der Waals surface area contributed by atoms with Crippen LogP contribution in [0.15, 0.2) is 24.3 Å². The fourth-order valence-corrected chi connectivity index (χ4v) is 2.51. The molecule has 0 bridgehead atoms. The monoisotopic (exact) mass is 296 g/mol. The van der Waals surface area contributed by atoms with Crippen LogP contribution in [0.4, 0.5) is 0 Å². The van der Waals surface area contributed by atoms with Crippen molar-refractivity contribution >= 4 is 18.3 Å². The topological polar surface area (TPSA) is 41.1 Å². The molecule has 0 aromatic heterocycles. The van der Waals surface area contributed by atoms with Crippen molar-refractivity contribution in [3.63, 3.8) is 0 Å². The van der Waals surface area contributed by atoms with Crippen molar-refractivity contribution in [2.45, 2.75) is 51.6 Å². The summed E-state index contributed by atoms with van der Waals surface area (Å²) in [5.41, 5.74) is 2.02. The number of hydrogen-bond donors (Lipinski definition) is 2. The zero-order valence-electron chi connectivity index (χ0n) is 12.5. The zero-order valence-corrected chi connectivity index (χ0v) is 13.3. The van der Waals surface area contributed by atoms with Crippen molar-refractivity contribution in [1.29, 1.82) is 0 Å². The molecule has 1 aromatic carbocycles. The second-order valence-electron chi connectivity index (χ2n) is 5.74. The molecule has 0 spiro atoms. The molecule has 112 valence electrons. The van der Waals surface area contributed by atoms with Gasteiger partial charge in [0.15, 0.2) is 0 Å². The minimum atomic E-state index is 0. The molecule has 1 fully saturated rings. The van der Waals surface area contributed by atoms with E-state index in [0.29, 0.717) is 12.0 Å². The predicted molar refractivity (Wildman–Crippen MR) is 85.7 cm³/mol. The Hall–Kier alpha value is -1.06. The number of rotatable bonds is 3. The Kier molecular flexibility index (Phi) is 6.50. The number of piperidine rings is 1. The van der Waals surface area contributed by atoms with Crippen molar-refractivity contribution in [3.8, 4) is 0 Å². The third-order valence-corrected chi connectivity index (χ3v) is 3.92. The van der Waals surface area contributed by atoms with Gasteiger partial charge in [-0.3, -0.25) is 4.79 Å². The predicted octanol–water partition coefficient (Wildman–Crippen LogP) is 3.10. The minimum absolute atomic E-state index is 0. The molecule has 1 amide bonds. The first-order valence-electron chi connectivity index (χ1n) is 7.22. The van der Waals surface area contributed by atoms with E-state index in [1.165, 1.54) is 5.56 Å². The molecule has 2 N–H and O–H groups in total. The van der Waals surface area contributed by atoms with Crippen LogP contribution in [0.5, 0.6) is 0 Å². The third kappa shape index (κ3) is 4.22. The zero-order chi connectivity index (χ0) is 13.8. The van der Waals surface area contributed by atoms with Gasteiger partial charge in [0, 0.05) is 17.6 Å². The van der Waals surface area contributed by atoms with E-state index in [2.05, 4.69) is 31.4 Å². The molecule has 2 rings (SSSR count). The Balaban J connectivity index is 0.00000200. The highest BCUT2D eigenvalue weighted by Crippen LogP contribution is 2.15. The van der Waals surface area contributed by atoms with Crippen LogP contribution < -0.4 is 10.6 Å². The lowest BCUT2D eigenvalue weighted by Crippen LogP contribution is -2.51. The van der Waals surface area contributed by atoms with E-state index < -0.39 is 0 Å². The molecule has 3 nitrogen and oxygen atoms in total. The smallest absolute Gasteiger partial charge is 0.251 e. The summed E-state index contributed by atoms with van der Waals surface area (Å²) < 4.78 is 0. The molecule has 4 heteroatoms. The van der Waals surface area contributed by atoms with Gasteiger partial charge >= 0.3 is 0 Å². The first kappa shape index (κ1) is 17.0. The molecule has 1 aliphatic rings. The summed E-state index contributed by atoms with van der Waals surface area (Å²) in [4.78, 5) is 12.2. The number of amides is 1. The Morgan fingerprint density at radius 1 is 1.30 bits per heavy atom. The molecule has 0 aliphatic carbocycles. The van der Waals surface area contributed by atoms with Gasteiger partial charge in [-0.15, -0.1) is 12.4 Å². The SMILES string of the molecule is CC(C)c1ccc(C(=O)NC2CCCNC2C)cc1.Cl. The van der Waals surface area contributed by atoms with Crippen molar-refractivity contribution < 1.29 is 4.79 Å². The summed E-state index contributed by atoms with van der Waals surface area (Å²) in [6.45, 7) is 7.50. The number of benzene rings is 1. The lowest BCUT2D eigenvalue weighted by Gasteiger charge is -2.30. The summed E-state index contributed by atoms with van der Waals surface area (Å²) >= 11 is 0. The molecule has 20 heavy (non-hydrogen) atoms. The van der Waals surface area contributed by atoms with Gasteiger partial charge in [0.2, 0.25) is 0 Å². The lowest BCUT2D eigenvalue weighted by atomic mass is 9.98. The number of carbonyl (C=O) groups excluding carboxylic acids is 1. The highest BCUT2D eigenvalue weighted by molar-refractivity contribution is 5.94. The molecular formula is C16H25ClN2O. The molecular weight excluding hydrogens is 272 g/mol. The average Bonchev–Trinajstić information content (AvgIpc) is 2.41. The van der Waals surface area contributed by atoms with Gasteiger partial charge in [0.05, 0.1) is 0 Å². The molecule has 1 aromatic rings. The van der Waals surface area contributed by atoms with E-state index >= 15 is 0 Å². The summed E-state index contributed by atoms with van der Waals surface area (Å²) in [5, 5.41) is 6.53. The van der Waals surface area contributed by atoms with Gasteiger partial charge in [-0.2, -0.15) is 0 Å². The van der Waals surface area contributed by atoms with E-state index in [1.54, 1.807) is 0 Å². The molecule has 0 radical (unpaired) electrons. The molecule has 2 atom stereocenters. The number of hydrogen-bond acceptors (Lipinski definition) is 2. The van der Waals surface area contributed by atoms with Crippen LogP contribution in [0, 0.1) is 0 Å². The van der Waals surface area contributed by atoms with Crippen LogP contribution in [0.2, 0.25) is 0 Å². The maximum atomic E-state index is 12.2. The molecule has 1 saturated heterocycles. The molecule has 1 aliphatic heterocycles. The normalized spacial score (nSPS) is 22.2. The van der Waals surface area contributed by atoms with Crippen LogP contribution in [-0.2, 0) is 0 Å². The minimum Gasteiger partial charge on any atom is -0.348 e. The van der Waals surface area contributed by atoms with E-state index in [9.17, 15) is 4.79 Å². The number of carbonyl (C=O) groups is 1. The van der Waals surface area contributed by atoms with E-state index in [-0.39, 0.29) is 24.4 Å². The number of nitrogens with one attached hydrogen (secondary N) is 2. The first-order valence-corrected chi connectivity index (χ1v) is 7.22. The number of halogens is 1. The highest BCUT2D eigenvalue weighted by Gasteiger charge is 2.22. The van der Waals surface area contributed by atoms with Gasteiger partial charge in [0.25, 0.3) is 5.91 Å². The highest BCUT2D eigenvalue weighted by atomic mass is 35.5. The van der Waals surface area contributed by atoms with Crippen molar-refractivity contribution in [2.24, 2.45) is 0 Å². The maximum Gasteiger partial charge on any atom is 0.251 e. The van der Waals surface area contributed by atoms with Gasteiger partial charge in [-0.05, 0) is 49.9 Å². The van der Waals surface area contributed by atoms with Crippen LogP contribution >= 0.6 is 12.4 Å². The Morgan fingerprint density at radius 3 is 2.50 bits per heavy atom. The fraction of sp³-hybridized carbons (Fsp3) is 0.562. The van der Waals surface area contributed by atoms with E-state index in [0.717, 1.165) is 24.9 Å². The Morgan fingerprint density at radius 2 is 1.95 bits per heavy atom. The summed E-state index contributed by atoms with van der Waals surface area (Å²) in [6, 6.07) is 8.53. The van der Waals surface area contributed by atoms with Crippen molar-refractivity contribution in [3.05, 3.63) is 35.4 Å². The van der Waals surface area contributed by atoms with Gasteiger partial charge in [0.1, 0.15) is 0 Å². The summed E-state index contributed by atoms with van der Waals surface area (Å²) in [7, 11) is 0. The fourth-order valence-electron chi connectivity index (χ4n) is 2.51. The summed E-state index contributed by atoms with van der Waals surface area (Å²) in [6.07, 6.45) is 2.19. The largest absolute Gasteiger partial charge is 0.348 e. The Labute approximate surface area is 127 Å². The van der Waals surface area contributed by atoms with Crippen LogP contribution in [0.1, 0.15) is 55.5 Å². The average molecular weight is 297 g/mol. The second kappa shape index (κ2) is 7.65.